The molecular weight excluding hydrogens is 298 g/mol. The molecule has 1 aromatic heterocycles. The number of ether oxygens (including phenoxy) is 2. The quantitative estimate of drug-likeness (QED) is 0.414. The van der Waals surface area contributed by atoms with Gasteiger partial charge in [-0.2, -0.15) is 0 Å². The Bertz CT molecular complexity index is 417. The van der Waals surface area contributed by atoms with Crippen LogP contribution in [0.5, 0.6) is 0 Å². The Labute approximate surface area is 136 Å². The predicted molar refractivity (Wildman–Crippen MR) is 91.5 cm³/mol. The van der Waals surface area contributed by atoms with Gasteiger partial charge in [-0.25, -0.2) is 0 Å². The molecule has 0 spiro atoms. The van der Waals surface area contributed by atoms with Gasteiger partial charge in [0.15, 0.2) is 5.96 Å². The molecule has 1 fully saturated rings. The minimum atomic E-state index is 0.529. The molecule has 22 heavy (non-hydrogen) atoms. The largest absolute Gasteiger partial charge is 0.381 e. The van der Waals surface area contributed by atoms with Crippen LogP contribution in [0, 0.1) is 5.92 Å². The first kappa shape index (κ1) is 17.2. The molecule has 0 saturated carbocycles. The summed E-state index contributed by atoms with van der Waals surface area (Å²) >= 11 is 1.77. The molecule has 1 aliphatic heterocycles. The number of nitrogens with one attached hydrogen (secondary N) is 1. The zero-order valence-electron chi connectivity index (χ0n) is 13.1. The van der Waals surface area contributed by atoms with Crippen LogP contribution in [-0.4, -0.2) is 45.5 Å². The first-order chi connectivity index (χ1) is 10.8. The van der Waals surface area contributed by atoms with Crippen molar-refractivity contribution in [1.29, 1.82) is 0 Å². The molecule has 1 saturated heterocycles. The lowest BCUT2D eigenvalue weighted by atomic mass is 10.0. The molecule has 0 aliphatic carbocycles. The van der Waals surface area contributed by atoms with Gasteiger partial charge in [0.25, 0.3) is 0 Å². The van der Waals surface area contributed by atoms with Crippen molar-refractivity contribution in [3.05, 3.63) is 22.4 Å². The summed E-state index contributed by atoms with van der Waals surface area (Å²) in [6, 6.07) is 4.20. The average molecular weight is 325 g/mol. The van der Waals surface area contributed by atoms with Crippen molar-refractivity contribution < 1.29 is 9.47 Å². The van der Waals surface area contributed by atoms with E-state index >= 15 is 0 Å². The summed E-state index contributed by atoms with van der Waals surface area (Å²) in [5, 5.41) is 5.23. The third-order valence-electron chi connectivity index (χ3n) is 3.68. The molecule has 6 heteroatoms. The Hall–Kier alpha value is -1.11. The third-order valence-corrected chi connectivity index (χ3v) is 4.62. The fourth-order valence-corrected chi connectivity index (χ4v) is 3.06. The van der Waals surface area contributed by atoms with Crippen LogP contribution in [0.1, 0.15) is 24.1 Å². The Morgan fingerprint density at radius 1 is 1.45 bits per heavy atom. The van der Waals surface area contributed by atoms with Crippen molar-refractivity contribution in [2.75, 3.05) is 39.5 Å². The van der Waals surface area contributed by atoms with Crippen molar-refractivity contribution in [2.24, 2.45) is 16.6 Å². The summed E-state index contributed by atoms with van der Waals surface area (Å²) in [5.74, 6) is 1.20. The monoisotopic (exact) mass is 325 g/mol. The molecule has 0 radical (unpaired) electrons. The van der Waals surface area contributed by atoms with Crippen molar-refractivity contribution in [2.45, 2.75) is 25.7 Å². The van der Waals surface area contributed by atoms with Crippen LogP contribution in [0.4, 0.5) is 0 Å². The standard InChI is InChI=1S/C16H27N3O2S/c17-16(19-8-4-15-3-1-12-22-15)18-7-2-9-21-13-14-5-10-20-11-6-14/h1,3,12,14H,2,4-11,13H2,(H3,17,18,19). The number of hydrogen-bond acceptors (Lipinski definition) is 4. The lowest BCUT2D eigenvalue weighted by molar-refractivity contribution is 0.0205. The van der Waals surface area contributed by atoms with Gasteiger partial charge in [-0.3, -0.25) is 4.99 Å². The molecular formula is C16H27N3O2S. The molecule has 1 aromatic rings. The van der Waals surface area contributed by atoms with E-state index in [4.69, 9.17) is 15.2 Å². The molecule has 0 aromatic carbocycles. The third kappa shape index (κ3) is 7.24. The highest BCUT2D eigenvalue weighted by Crippen LogP contribution is 2.14. The molecule has 5 nitrogen and oxygen atoms in total. The van der Waals surface area contributed by atoms with Gasteiger partial charge in [0.05, 0.1) is 0 Å². The zero-order chi connectivity index (χ0) is 15.5. The number of aliphatic imine (C=N–C) groups is 1. The minimum Gasteiger partial charge on any atom is -0.381 e. The minimum absolute atomic E-state index is 0.529. The maximum absolute atomic E-state index is 5.83. The highest BCUT2D eigenvalue weighted by Gasteiger charge is 2.13. The number of guanidine groups is 1. The predicted octanol–water partition coefficient (Wildman–Crippen LogP) is 2.03. The fourth-order valence-electron chi connectivity index (χ4n) is 2.35. The molecule has 0 unspecified atom stereocenters. The number of nitrogens with zero attached hydrogens (tertiary/aromatic N) is 1. The van der Waals surface area contributed by atoms with Crippen LogP contribution in [-0.2, 0) is 15.9 Å². The Morgan fingerprint density at radius 2 is 2.32 bits per heavy atom. The Kier molecular flexibility index (Phi) is 8.30. The van der Waals surface area contributed by atoms with E-state index in [1.807, 2.05) is 0 Å². The molecule has 124 valence electrons. The van der Waals surface area contributed by atoms with E-state index in [2.05, 4.69) is 27.8 Å². The van der Waals surface area contributed by atoms with Crippen LogP contribution in [0.15, 0.2) is 22.5 Å². The topological polar surface area (TPSA) is 68.9 Å². The van der Waals surface area contributed by atoms with E-state index in [0.29, 0.717) is 18.4 Å². The molecule has 0 amide bonds. The molecule has 0 bridgehead atoms. The van der Waals surface area contributed by atoms with E-state index in [-0.39, 0.29) is 0 Å². The summed E-state index contributed by atoms with van der Waals surface area (Å²) < 4.78 is 11.0. The van der Waals surface area contributed by atoms with Crippen LogP contribution in [0.3, 0.4) is 0 Å². The lowest BCUT2D eigenvalue weighted by Crippen LogP contribution is -2.33. The highest BCUT2D eigenvalue weighted by molar-refractivity contribution is 7.09. The van der Waals surface area contributed by atoms with Crippen LogP contribution < -0.4 is 11.1 Å². The summed E-state index contributed by atoms with van der Waals surface area (Å²) in [5.41, 5.74) is 5.83. The number of thiophene rings is 1. The van der Waals surface area contributed by atoms with Gasteiger partial charge in [-0.05, 0) is 43.0 Å². The van der Waals surface area contributed by atoms with Crippen molar-refractivity contribution in [1.82, 2.24) is 5.32 Å². The Balaban J connectivity index is 1.44. The fraction of sp³-hybridized carbons (Fsp3) is 0.688. The Morgan fingerprint density at radius 3 is 3.09 bits per heavy atom. The molecule has 2 rings (SSSR count). The zero-order valence-corrected chi connectivity index (χ0v) is 13.9. The summed E-state index contributed by atoms with van der Waals surface area (Å²) in [4.78, 5) is 5.68. The van der Waals surface area contributed by atoms with Crippen molar-refractivity contribution in [3.8, 4) is 0 Å². The highest BCUT2D eigenvalue weighted by atomic mass is 32.1. The van der Waals surface area contributed by atoms with Gasteiger partial charge >= 0.3 is 0 Å². The van der Waals surface area contributed by atoms with Gasteiger partial charge in [0, 0.05) is 44.4 Å². The van der Waals surface area contributed by atoms with E-state index in [9.17, 15) is 0 Å². The maximum Gasteiger partial charge on any atom is 0.188 e. The number of nitrogens with two attached hydrogens (primary N) is 1. The van der Waals surface area contributed by atoms with E-state index in [0.717, 1.165) is 58.7 Å². The van der Waals surface area contributed by atoms with Crippen molar-refractivity contribution >= 4 is 17.3 Å². The second-order valence-corrected chi connectivity index (χ2v) is 6.54. The van der Waals surface area contributed by atoms with Crippen molar-refractivity contribution in [3.63, 3.8) is 0 Å². The second-order valence-electron chi connectivity index (χ2n) is 5.51. The average Bonchev–Trinajstić information content (AvgIpc) is 3.05. The van der Waals surface area contributed by atoms with Gasteiger partial charge in [-0.1, -0.05) is 6.07 Å². The number of rotatable bonds is 9. The summed E-state index contributed by atoms with van der Waals surface area (Å²) in [7, 11) is 0. The van der Waals surface area contributed by atoms with Gasteiger partial charge in [0.1, 0.15) is 0 Å². The van der Waals surface area contributed by atoms with Gasteiger partial charge in [0.2, 0.25) is 0 Å². The second kappa shape index (κ2) is 10.6. The van der Waals surface area contributed by atoms with E-state index in [1.54, 1.807) is 11.3 Å². The normalized spacial score (nSPS) is 16.8. The smallest absolute Gasteiger partial charge is 0.188 e. The maximum atomic E-state index is 5.83. The lowest BCUT2D eigenvalue weighted by Gasteiger charge is -2.21. The van der Waals surface area contributed by atoms with E-state index < -0.39 is 0 Å². The molecule has 0 atom stereocenters. The summed E-state index contributed by atoms with van der Waals surface area (Å²) in [6.45, 7) is 4.91. The van der Waals surface area contributed by atoms with Crippen LogP contribution in [0.25, 0.3) is 0 Å². The SMILES string of the molecule is NC(=NCCCOCC1CCOCC1)NCCc1cccs1. The number of hydrogen-bond donors (Lipinski definition) is 2. The first-order valence-electron chi connectivity index (χ1n) is 8.06. The molecule has 2 heterocycles. The van der Waals surface area contributed by atoms with Gasteiger partial charge < -0.3 is 20.5 Å². The van der Waals surface area contributed by atoms with Crippen LogP contribution in [0.2, 0.25) is 0 Å². The van der Waals surface area contributed by atoms with E-state index in [1.165, 1.54) is 4.88 Å². The summed E-state index contributed by atoms with van der Waals surface area (Å²) in [6.07, 6.45) is 4.15. The van der Waals surface area contributed by atoms with Crippen LogP contribution >= 0.6 is 11.3 Å². The molecule has 3 N–H and O–H groups in total. The first-order valence-corrected chi connectivity index (χ1v) is 8.94. The molecule has 1 aliphatic rings. The van der Waals surface area contributed by atoms with Gasteiger partial charge in [-0.15, -0.1) is 11.3 Å².